The number of nitrogens with zero attached hydrogens (tertiary/aromatic N) is 2. The zero-order valence-electron chi connectivity index (χ0n) is 14.5. The van der Waals surface area contributed by atoms with E-state index in [2.05, 4.69) is 0 Å². The number of benzene rings is 1. The van der Waals surface area contributed by atoms with Crippen molar-refractivity contribution in [1.82, 2.24) is 15.5 Å². The third-order valence-corrected chi connectivity index (χ3v) is 5.29. The van der Waals surface area contributed by atoms with Crippen LogP contribution in [0.5, 0.6) is 0 Å². The number of nitrogens with one attached hydrogen (secondary N) is 1. The summed E-state index contributed by atoms with van der Waals surface area (Å²) in [4.78, 5) is 27.5. The Bertz CT molecular complexity index is 728. The molecule has 3 rings (SSSR count). The van der Waals surface area contributed by atoms with Crippen LogP contribution in [0.4, 0.5) is 13.2 Å². The minimum absolute atomic E-state index is 0.0148. The second-order valence-corrected chi connectivity index (χ2v) is 7.09. The van der Waals surface area contributed by atoms with E-state index in [4.69, 9.17) is 5.73 Å². The molecule has 2 aliphatic rings. The number of likely N-dealkylation sites (tertiary alicyclic amines) is 2. The van der Waals surface area contributed by atoms with E-state index < -0.39 is 23.5 Å². The van der Waals surface area contributed by atoms with Crippen molar-refractivity contribution < 1.29 is 22.8 Å². The molecule has 0 aromatic heterocycles. The minimum Gasteiger partial charge on any atom is -0.341 e. The quantitative estimate of drug-likeness (QED) is 0.761. The molecule has 2 heterocycles. The Morgan fingerprint density at radius 3 is 2.58 bits per heavy atom. The highest BCUT2D eigenvalue weighted by molar-refractivity contribution is 5.78. The number of fused-ring (bicyclic) bond motifs is 1. The molecule has 26 heavy (non-hydrogen) atoms. The molecular weight excluding hydrogens is 347 g/mol. The summed E-state index contributed by atoms with van der Waals surface area (Å²) in [7, 11) is 0. The maximum atomic E-state index is 13.7. The Hall–Kier alpha value is -2.09. The number of halogens is 3. The van der Waals surface area contributed by atoms with Crippen LogP contribution in [0.25, 0.3) is 0 Å². The molecular formula is C18H21F3N3O2. The summed E-state index contributed by atoms with van der Waals surface area (Å²) >= 11 is 0. The maximum absolute atomic E-state index is 13.7. The topological polar surface area (TPSA) is 64.4 Å². The van der Waals surface area contributed by atoms with E-state index in [1.807, 2.05) is 0 Å². The van der Waals surface area contributed by atoms with Crippen LogP contribution in [0.2, 0.25) is 0 Å². The van der Waals surface area contributed by atoms with Crippen LogP contribution >= 0.6 is 0 Å². The van der Waals surface area contributed by atoms with Crippen LogP contribution in [-0.2, 0) is 16.0 Å². The van der Waals surface area contributed by atoms with Crippen LogP contribution in [0.3, 0.4) is 0 Å². The van der Waals surface area contributed by atoms with Gasteiger partial charge in [0, 0.05) is 51.0 Å². The Morgan fingerprint density at radius 1 is 1.19 bits per heavy atom. The zero-order valence-corrected chi connectivity index (χ0v) is 14.5. The molecule has 0 saturated carbocycles. The van der Waals surface area contributed by atoms with Crippen molar-refractivity contribution in [3.63, 3.8) is 0 Å². The molecule has 1 aromatic rings. The molecule has 1 radical (unpaired) electrons. The van der Waals surface area contributed by atoms with Gasteiger partial charge in [-0.3, -0.25) is 15.3 Å². The van der Waals surface area contributed by atoms with E-state index >= 15 is 0 Å². The molecule has 0 bridgehead atoms. The van der Waals surface area contributed by atoms with Gasteiger partial charge in [0.15, 0.2) is 11.6 Å². The van der Waals surface area contributed by atoms with Gasteiger partial charge in [0.05, 0.1) is 6.04 Å². The standard InChI is InChI=1S/C18H21F3N3O2/c1-10(25)23-8-11-2-3-24(17(11)9-23)18(26)6-13(22)4-12-5-15(20)16(21)7-14(12)19/h5,7,11,13,17,22H,2-4,6,8-9H2,1H3/t11-,13+,17+/m0/s1. The molecule has 2 saturated heterocycles. The number of amides is 2. The van der Waals surface area contributed by atoms with Crippen LogP contribution < -0.4 is 5.73 Å². The van der Waals surface area contributed by atoms with Crippen LogP contribution in [0.1, 0.15) is 25.3 Å². The second kappa shape index (κ2) is 7.26. The Balaban J connectivity index is 1.60. The lowest BCUT2D eigenvalue weighted by Crippen LogP contribution is -2.41. The lowest BCUT2D eigenvalue weighted by Gasteiger charge is -2.26. The van der Waals surface area contributed by atoms with E-state index in [1.54, 1.807) is 9.80 Å². The SMILES string of the molecule is CC(=O)N1C[C@@H]2CCN(C(=O)C[C@H]([NH])Cc3cc(F)c(F)cc3F)[C@@H]2C1. The molecule has 0 spiro atoms. The van der Waals surface area contributed by atoms with Gasteiger partial charge < -0.3 is 9.80 Å². The van der Waals surface area contributed by atoms with Gasteiger partial charge in [0.1, 0.15) is 5.82 Å². The van der Waals surface area contributed by atoms with Crippen LogP contribution in [0.15, 0.2) is 12.1 Å². The Morgan fingerprint density at radius 2 is 1.88 bits per heavy atom. The van der Waals surface area contributed by atoms with Crippen molar-refractivity contribution in [1.29, 1.82) is 0 Å². The number of rotatable bonds is 4. The highest BCUT2D eigenvalue weighted by atomic mass is 19.2. The van der Waals surface area contributed by atoms with E-state index in [0.717, 1.165) is 12.5 Å². The smallest absolute Gasteiger partial charge is 0.224 e. The highest BCUT2D eigenvalue weighted by Gasteiger charge is 2.44. The average molecular weight is 368 g/mol. The molecule has 0 unspecified atom stereocenters. The van der Waals surface area contributed by atoms with Crippen LogP contribution in [0, 0.1) is 23.4 Å². The molecule has 141 valence electrons. The van der Waals surface area contributed by atoms with E-state index in [0.29, 0.717) is 25.7 Å². The van der Waals surface area contributed by atoms with Gasteiger partial charge in [-0.15, -0.1) is 0 Å². The number of hydrogen-bond donors (Lipinski definition) is 0. The molecule has 2 aliphatic heterocycles. The van der Waals surface area contributed by atoms with Crippen molar-refractivity contribution in [2.45, 2.75) is 38.3 Å². The molecule has 8 heteroatoms. The van der Waals surface area contributed by atoms with Gasteiger partial charge in [-0.2, -0.15) is 0 Å². The fourth-order valence-corrected chi connectivity index (χ4v) is 3.91. The van der Waals surface area contributed by atoms with Crippen molar-refractivity contribution in [3.8, 4) is 0 Å². The summed E-state index contributed by atoms with van der Waals surface area (Å²) in [5, 5.41) is 0. The van der Waals surface area contributed by atoms with E-state index in [9.17, 15) is 22.8 Å². The predicted octanol–water partition coefficient (Wildman–Crippen LogP) is 1.77. The first-order chi connectivity index (χ1) is 12.3. The summed E-state index contributed by atoms with van der Waals surface area (Å²) in [6.45, 7) is 3.25. The van der Waals surface area contributed by atoms with Gasteiger partial charge >= 0.3 is 0 Å². The molecule has 3 atom stereocenters. The summed E-state index contributed by atoms with van der Waals surface area (Å²) in [6, 6.07) is 0.216. The lowest BCUT2D eigenvalue weighted by atomic mass is 10.0. The zero-order chi connectivity index (χ0) is 19.0. The maximum Gasteiger partial charge on any atom is 0.224 e. The molecule has 0 aliphatic carbocycles. The first-order valence-electron chi connectivity index (χ1n) is 8.65. The summed E-state index contributed by atoms with van der Waals surface area (Å²) in [5.41, 5.74) is 7.91. The molecule has 1 aromatic carbocycles. The Labute approximate surface area is 149 Å². The van der Waals surface area contributed by atoms with Gasteiger partial charge in [-0.05, 0) is 24.5 Å². The van der Waals surface area contributed by atoms with Crippen molar-refractivity contribution in [2.24, 2.45) is 5.92 Å². The van der Waals surface area contributed by atoms with Crippen molar-refractivity contribution >= 4 is 11.8 Å². The van der Waals surface area contributed by atoms with Gasteiger partial charge in [0.2, 0.25) is 11.8 Å². The van der Waals surface area contributed by atoms with Crippen LogP contribution in [-0.4, -0.2) is 53.3 Å². The Kier molecular flexibility index (Phi) is 5.22. The van der Waals surface area contributed by atoms with Gasteiger partial charge in [-0.25, -0.2) is 13.2 Å². The predicted molar refractivity (Wildman–Crippen MR) is 87.4 cm³/mol. The van der Waals surface area contributed by atoms with Crippen molar-refractivity contribution in [2.75, 3.05) is 19.6 Å². The lowest BCUT2D eigenvalue weighted by molar-refractivity contribution is -0.134. The molecule has 2 amide bonds. The molecule has 1 N–H and O–H groups in total. The van der Waals surface area contributed by atoms with Gasteiger partial charge in [0.25, 0.3) is 0 Å². The minimum atomic E-state index is -1.27. The van der Waals surface area contributed by atoms with E-state index in [1.165, 1.54) is 6.92 Å². The molecule has 2 fully saturated rings. The van der Waals surface area contributed by atoms with Crippen molar-refractivity contribution in [3.05, 3.63) is 35.1 Å². The average Bonchev–Trinajstić information content (AvgIpc) is 3.12. The first-order valence-corrected chi connectivity index (χ1v) is 8.65. The third-order valence-electron chi connectivity index (χ3n) is 5.29. The summed E-state index contributed by atoms with van der Waals surface area (Å²) < 4.78 is 39.9. The fraction of sp³-hybridized carbons (Fsp3) is 0.556. The highest BCUT2D eigenvalue weighted by Crippen LogP contribution is 2.32. The fourth-order valence-electron chi connectivity index (χ4n) is 3.91. The number of carbonyl (C=O) groups excluding carboxylic acids is 2. The summed E-state index contributed by atoms with van der Waals surface area (Å²) in [6.07, 6.45) is 0.526. The molecule has 5 nitrogen and oxygen atoms in total. The summed E-state index contributed by atoms with van der Waals surface area (Å²) in [5.74, 6) is -3.33. The number of hydrogen-bond acceptors (Lipinski definition) is 2. The van der Waals surface area contributed by atoms with E-state index in [-0.39, 0.29) is 42.2 Å². The number of carbonyl (C=O) groups is 2. The largest absolute Gasteiger partial charge is 0.341 e. The normalized spacial score (nSPS) is 23.3. The first kappa shape index (κ1) is 18.7. The monoisotopic (exact) mass is 368 g/mol. The van der Waals surface area contributed by atoms with Gasteiger partial charge in [-0.1, -0.05) is 0 Å². The third kappa shape index (κ3) is 3.70. The second-order valence-electron chi connectivity index (χ2n) is 7.09.